The maximum atomic E-state index is 6.10. The Morgan fingerprint density at radius 2 is 1.56 bits per heavy atom. The molecule has 3 aromatic carbocycles. The summed E-state index contributed by atoms with van der Waals surface area (Å²) in [6.45, 7) is 2.41. The highest BCUT2D eigenvalue weighted by Crippen LogP contribution is 2.34. The predicted octanol–water partition coefficient (Wildman–Crippen LogP) is 5.03. The number of aromatic nitrogens is 3. The summed E-state index contributed by atoms with van der Waals surface area (Å²) in [6, 6.07) is 28.5. The lowest BCUT2D eigenvalue weighted by atomic mass is 9.95. The van der Waals surface area contributed by atoms with Crippen molar-refractivity contribution in [3.8, 4) is 16.9 Å². The molecular weight excluding hydrogens is 400 g/mol. The van der Waals surface area contributed by atoms with Crippen LogP contribution in [0.2, 0.25) is 0 Å². The summed E-state index contributed by atoms with van der Waals surface area (Å²) in [5.74, 6) is 0.811. The predicted molar refractivity (Wildman–Crippen MR) is 124 cm³/mol. The van der Waals surface area contributed by atoms with E-state index >= 15 is 0 Å². The van der Waals surface area contributed by atoms with Crippen LogP contribution in [0.25, 0.3) is 22.5 Å². The summed E-state index contributed by atoms with van der Waals surface area (Å²) in [5, 5.41) is 4.38. The van der Waals surface area contributed by atoms with E-state index in [4.69, 9.17) is 9.57 Å². The van der Waals surface area contributed by atoms with Crippen molar-refractivity contribution >= 4 is 11.4 Å². The SMILES string of the molecule is CC1(COc2ccccc2)CC(n2cncn2)=C(c2ccc(-c3ccccc3)cc2)NO1. The van der Waals surface area contributed by atoms with Crippen molar-refractivity contribution in [3.63, 3.8) is 0 Å². The Hall–Kier alpha value is -3.90. The molecule has 1 aliphatic rings. The number of hydrogen-bond acceptors (Lipinski definition) is 5. The zero-order chi connectivity index (χ0) is 21.8. The molecule has 0 aliphatic carbocycles. The van der Waals surface area contributed by atoms with E-state index in [0.717, 1.165) is 28.3 Å². The van der Waals surface area contributed by atoms with E-state index < -0.39 is 5.60 Å². The van der Waals surface area contributed by atoms with Crippen LogP contribution in [0.1, 0.15) is 18.9 Å². The van der Waals surface area contributed by atoms with Crippen molar-refractivity contribution in [2.24, 2.45) is 0 Å². The van der Waals surface area contributed by atoms with Crippen molar-refractivity contribution in [3.05, 3.63) is 103 Å². The van der Waals surface area contributed by atoms with Crippen LogP contribution in [0.3, 0.4) is 0 Å². The molecule has 32 heavy (non-hydrogen) atoms. The van der Waals surface area contributed by atoms with E-state index in [-0.39, 0.29) is 0 Å². The Morgan fingerprint density at radius 3 is 2.25 bits per heavy atom. The topological polar surface area (TPSA) is 61.2 Å². The summed E-state index contributed by atoms with van der Waals surface area (Å²) < 4.78 is 7.78. The van der Waals surface area contributed by atoms with Crippen molar-refractivity contribution in [1.82, 2.24) is 20.2 Å². The van der Waals surface area contributed by atoms with Gasteiger partial charge in [-0.3, -0.25) is 10.3 Å². The van der Waals surface area contributed by atoms with Gasteiger partial charge in [-0.2, -0.15) is 5.10 Å². The van der Waals surface area contributed by atoms with Crippen molar-refractivity contribution < 1.29 is 9.57 Å². The highest BCUT2D eigenvalue weighted by molar-refractivity contribution is 5.83. The maximum absolute atomic E-state index is 6.10. The first kappa shape index (κ1) is 20.0. The monoisotopic (exact) mass is 424 g/mol. The minimum atomic E-state index is -0.579. The highest BCUT2D eigenvalue weighted by atomic mass is 16.7. The van der Waals surface area contributed by atoms with Crippen LogP contribution in [0.4, 0.5) is 0 Å². The number of hydrogen-bond donors (Lipinski definition) is 1. The van der Waals surface area contributed by atoms with E-state index in [0.29, 0.717) is 13.0 Å². The van der Waals surface area contributed by atoms with Gasteiger partial charge in [0.2, 0.25) is 0 Å². The average molecular weight is 425 g/mol. The van der Waals surface area contributed by atoms with Gasteiger partial charge in [-0.05, 0) is 30.2 Å². The van der Waals surface area contributed by atoms with E-state index in [1.165, 1.54) is 11.9 Å². The van der Waals surface area contributed by atoms with Gasteiger partial charge in [0.1, 0.15) is 30.6 Å². The average Bonchev–Trinajstić information content (AvgIpc) is 3.39. The van der Waals surface area contributed by atoms with Crippen LogP contribution in [0, 0.1) is 0 Å². The zero-order valence-corrected chi connectivity index (χ0v) is 17.8. The number of rotatable bonds is 6. The molecule has 160 valence electrons. The van der Waals surface area contributed by atoms with Crippen molar-refractivity contribution in [2.75, 3.05) is 6.61 Å². The summed E-state index contributed by atoms with van der Waals surface area (Å²) in [5.41, 5.74) is 7.79. The van der Waals surface area contributed by atoms with Crippen molar-refractivity contribution in [2.45, 2.75) is 18.9 Å². The first-order valence-electron chi connectivity index (χ1n) is 10.6. The largest absolute Gasteiger partial charge is 0.490 e. The lowest BCUT2D eigenvalue weighted by molar-refractivity contribution is -0.0989. The number of nitrogens with one attached hydrogen (secondary N) is 1. The molecule has 1 atom stereocenters. The fourth-order valence-corrected chi connectivity index (χ4v) is 3.77. The summed E-state index contributed by atoms with van der Waals surface area (Å²) in [6.07, 6.45) is 3.85. The summed E-state index contributed by atoms with van der Waals surface area (Å²) in [4.78, 5) is 10.2. The first-order chi connectivity index (χ1) is 15.7. The molecular formula is C26H24N4O2. The first-order valence-corrected chi connectivity index (χ1v) is 10.6. The summed E-state index contributed by atoms with van der Waals surface area (Å²) in [7, 11) is 0. The second-order valence-electron chi connectivity index (χ2n) is 8.04. The lowest BCUT2D eigenvalue weighted by Gasteiger charge is -2.36. The molecule has 0 spiro atoms. The molecule has 0 radical (unpaired) electrons. The van der Waals surface area contributed by atoms with E-state index in [1.54, 1.807) is 11.0 Å². The Morgan fingerprint density at radius 1 is 0.906 bits per heavy atom. The van der Waals surface area contributed by atoms with Crippen LogP contribution in [-0.4, -0.2) is 27.0 Å². The third kappa shape index (κ3) is 4.26. The molecule has 4 aromatic rings. The van der Waals surface area contributed by atoms with Gasteiger partial charge >= 0.3 is 0 Å². The van der Waals surface area contributed by atoms with Crippen LogP contribution >= 0.6 is 0 Å². The van der Waals surface area contributed by atoms with Crippen molar-refractivity contribution in [1.29, 1.82) is 0 Å². The second-order valence-corrected chi connectivity index (χ2v) is 8.04. The summed E-state index contributed by atoms with van der Waals surface area (Å²) >= 11 is 0. The highest BCUT2D eigenvalue weighted by Gasteiger charge is 2.35. The number of ether oxygens (including phenoxy) is 1. The fourth-order valence-electron chi connectivity index (χ4n) is 3.77. The third-order valence-electron chi connectivity index (χ3n) is 5.49. The Balaban J connectivity index is 1.43. The van der Waals surface area contributed by atoms with Gasteiger partial charge in [0.15, 0.2) is 0 Å². The number of para-hydroxylation sites is 1. The van der Waals surface area contributed by atoms with Gasteiger partial charge in [0.25, 0.3) is 0 Å². The second kappa shape index (κ2) is 8.69. The lowest BCUT2D eigenvalue weighted by Crippen LogP contribution is -2.44. The standard InChI is InChI=1S/C26H24N4O2/c1-26(17-31-23-10-6-3-7-11-23)16-24(30-19-27-18-28-30)25(29-32-26)22-14-12-21(13-15-22)20-8-4-2-5-9-20/h2-15,18-19,29H,16-17H2,1H3. The number of hydroxylamine groups is 1. The quantitative estimate of drug-likeness (QED) is 0.470. The fraction of sp³-hybridized carbons (Fsp3) is 0.154. The molecule has 6 heteroatoms. The number of benzene rings is 3. The normalized spacial score (nSPS) is 18.3. The molecule has 6 nitrogen and oxygen atoms in total. The van der Waals surface area contributed by atoms with E-state index in [1.807, 2.05) is 55.5 Å². The van der Waals surface area contributed by atoms with E-state index in [9.17, 15) is 0 Å². The third-order valence-corrected chi connectivity index (χ3v) is 5.49. The molecule has 0 amide bonds. The van der Waals surface area contributed by atoms with Gasteiger partial charge in [-0.15, -0.1) is 0 Å². The molecule has 1 unspecified atom stereocenters. The van der Waals surface area contributed by atoms with Crippen LogP contribution in [-0.2, 0) is 4.84 Å². The molecule has 5 rings (SSSR count). The molecule has 1 aromatic heterocycles. The molecule has 0 saturated carbocycles. The van der Waals surface area contributed by atoms with Gasteiger partial charge in [-0.1, -0.05) is 72.8 Å². The molecule has 1 N–H and O–H groups in total. The minimum absolute atomic E-state index is 0.391. The smallest absolute Gasteiger partial charge is 0.138 e. The Kier molecular flexibility index (Phi) is 5.44. The van der Waals surface area contributed by atoms with Crippen LogP contribution in [0.5, 0.6) is 5.75 Å². The molecule has 0 fully saturated rings. The number of nitrogens with zero attached hydrogens (tertiary/aromatic N) is 3. The van der Waals surface area contributed by atoms with Gasteiger partial charge in [-0.25, -0.2) is 9.67 Å². The Labute approximate surface area is 187 Å². The molecule has 0 saturated heterocycles. The van der Waals surface area contributed by atoms with Gasteiger partial charge < -0.3 is 4.74 Å². The molecule has 0 bridgehead atoms. The zero-order valence-electron chi connectivity index (χ0n) is 17.8. The minimum Gasteiger partial charge on any atom is -0.490 e. The molecule has 2 heterocycles. The van der Waals surface area contributed by atoms with Gasteiger partial charge in [0.05, 0.1) is 11.4 Å². The molecule has 1 aliphatic heterocycles. The van der Waals surface area contributed by atoms with Crippen LogP contribution in [0.15, 0.2) is 97.6 Å². The van der Waals surface area contributed by atoms with Crippen LogP contribution < -0.4 is 10.2 Å². The van der Waals surface area contributed by atoms with Gasteiger partial charge in [0, 0.05) is 12.0 Å². The Bertz CT molecular complexity index is 1190. The van der Waals surface area contributed by atoms with E-state index in [2.05, 4.69) is 52.0 Å². The maximum Gasteiger partial charge on any atom is 0.138 e.